The molecule has 6 nitrogen and oxygen atoms in total. The number of anilines is 1. The van der Waals surface area contributed by atoms with Gasteiger partial charge >= 0.3 is 0 Å². The lowest BCUT2D eigenvalue weighted by molar-refractivity contribution is 0.100. The van der Waals surface area contributed by atoms with Gasteiger partial charge in [-0.25, -0.2) is 0 Å². The number of carbonyl (C=O) groups is 2. The largest absolute Gasteiger partial charge is 0.321 e. The van der Waals surface area contributed by atoms with E-state index < -0.39 is 0 Å². The van der Waals surface area contributed by atoms with Crippen LogP contribution in [-0.4, -0.2) is 26.9 Å². The first-order chi connectivity index (χ1) is 11.1. The molecule has 23 heavy (non-hydrogen) atoms. The van der Waals surface area contributed by atoms with Gasteiger partial charge in [0.05, 0.1) is 5.69 Å². The molecule has 0 fully saturated rings. The zero-order valence-corrected chi connectivity index (χ0v) is 12.4. The Balaban J connectivity index is 1.78. The molecule has 1 amide bonds. The molecule has 0 unspecified atom stereocenters. The third-order valence-corrected chi connectivity index (χ3v) is 3.31. The van der Waals surface area contributed by atoms with Gasteiger partial charge in [-0.15, -0.1) is 0 Å². The topological polar surface area (TPSA) is 87.7 Å². The van der Waals surface area contributed by atoms with Crippen LogP contribution in [0.1, 0.15) is 27.8 Å². The molecular formula is C17H14N4O2. The number of H-pyrrole nitrogens is 1. The number of benzene rings is 1. The predicted molar refractivity (Wildman–Crippen MR) is 86.2 cm³/mol. The van der Waals surface area contributed by atoms with Crippen LogP contribution < -0.4 is 5.32 Å². The fourth-order valence-electron chi connectivity index (χ4n) is 2.11. The molecule has 0 aliphatic carbocycles. The smallest absolute Gasteiger partial charge is 0.273 e. The van der Waals surface area contributed by atoms with Crippen molar-refractivity contribution >= 4 is 17.4 Å². The Bertz CT molecular complexity index is 856. The van der Waals surface area contributed by atoms with E-state index in [0.717, 1.165) is 5.56 Å². The van der Waals surface area contributed by atoms with E-state index in [1.165, 1.54) is 6.92 Å². The fraction of sp³-hybridized carbons (Fsp3) is 0.0588. The molecule has 0 saturated carbocycles. The van der Waals surface area contributed by atoms with Crippen LogP contribution >= 0.6 is 0 Å². The van der Waals surface area contributed by atoms with E-state index in [1.807, 2.05) is 6.07 Å². The second-order valence-electron chi connectivity index (χ2n) is 5.00. The average molecular weight is 306 g/mol. The molecule has 6 heteroatoms. The summed E-state index contributed by atoms with van der Waals surface area (Å²) >= 11 is 0. The number of Topliss-reactive ketones (excluding diaryl/α,β-unsaturated/α-hetero) is 1. The molecule has 1 aromatic carbocycles. The van der Waals surface area contributed by atoms with Crippen LogP contribution in [0.25, 0.3) is 11.3 Å². The predicted octanol–water partition coefficient (Wildman–Crippen LogP) is 2.93. The fourth-order valence-corrected chi connectivity index (χ4v) is 2.11. The molecule has 3 rings (SSSR count). The molecule has 3 aromatic rings. The Hall–Kier alpha value is -3.28. The lowest BCUT2D eigenvalue weighted by Crippen LogP contribution is -2.12. The van der Waals surface area contributed by atoms with Crippen LogP contribution in [0.3, 0.4) is 0 Å². The summed E-state index contributed by atoms with van der Waals surface area (Å²) in [7, 11) is 0. The first-order valence-corrected chi connectivity index (χ1v) is 7.01. The van der Waals surface area contributed by atoms with E-state index in [9.17, 15) is 9.59 Å². The maximum Gasteiger partial charge on any atom is 0.273 e. The number of amides is 1. The second kappa shape index (κ2) is 6.23. The van der Waals surface area contributed by atoms with Gasteiger partial charge in [0.25, 0.3) is 5.91 Å². The third kappa shape index (κ3) is 3.32. The Morgan fingerprint density at radius 1 is 1.13 bits per heavy atom. The highest BCUT2D eigenvalue weighted by Crippen LogP contribution is 2.17. The van der Waals surface area contributed by atoms with Crippen molar-refractivity contribution in [3.05, 3.63) is 66.1 Å². The highest BCUT2D eigenvalue weighted by atomic mass is 16.2. The second-order valence-corrected chi connectivity index (χ2v) is 5.00. The van der Waals surface area contributed by atoms with Crippen molar-refractivity contribution < 1.29 is 9.59 Å². The highest BCUT2D eigenvalue weighted by molar-refractivity contribution is 6.04. The quantitative estimate of drug-likeness (QED) is 0.725. The normalized spacial score (nSPS) is 10.3. The van der Waals surface area contributed by atoms with E-state index in [1.54, 1.807) is 48.8 Å². The van der Waals surface area contributed by atoms with E-state index in [-0.39, 0.29) is 11.7 Å². The Kier molecular flexibility index (Phi) is 3.97. The molecule has 0 atom stereocenters. The minimum Gasteiger partial charge on any atom is -0.321 e. The molecule has 0 aliphatic rings. The van der Waals surface area contributed by atoms with Gasteiger partial charge in [0.15, 0.2) is 5.78 Å². The van der Waals surface area contributed by atoms with Crippen molar-refractivity contribution in [1.29, 1.82) is 0 Å². The van der Waals surface area contributed by atoms with Crippen LogP contribution in [0.15, 0.2) is 54.9 Å². The van der Waals surface area contributed by atoms with Gasteiger partial charge in [-0.3, -0.25) is 19.7 Å². The van der Waals surface area contributed by atoms with Crippen LogP contribution in [0.5, 0.6) is 0 Å². The van der Waals surface area contributed by atoms with E-state index in [4.69, 9.17) is 0 Å². The maximum atomic E-state index is 12.3. The van der Waals surface area contributed by atoms with Crippen LogP contribution in [0.4, 0.5) is 5.69 Å². The molecule has 114 valence electrons. The molecule has 2 N–H and O–H groups in total. The van der Waals surface area contributed by atoms with Crippen molar-refractivity contribution in [2.75, 3.05) is 5.32 Å². The van der Waals surface area contributed by atoms with Crippen molar-refractivity contribution in [1.82, 2.24) is 15.2 Å². The van der Waals surface area contributed by atoms with E-state index in [2.05, 4.69) is 20.5 Å². The summed E-state index contributed by atoms with van der Waals surface area (Å²) in [5.74, 6) is -0.380. The number of nitrogens with one attached hydrogen (secondary N) is 2. The summed E-state index contributed by atoms with van der Waals surface area (Å²) in [4.78, 5) is 27.7. The maximum absolute atomic E-state index is 12.3. The number of carbonyl (C=O) groups excluding carboxylic acids is 2. The summed E-state index contributed by atoms with van der Waals surface area (Å²) in [6.45, 7) is 1.48. The molecule has 0 aliphatic heterocycles. The Morgan fingerprint density at radius 3 is 2.74 bits per heavy atom. The zero-order valence-electron chi connectivity index (χ0n) is 12.4. The molecule has 0 radical (unpaired) electrons. The highest BCUT2D eigenvalue weighted by Gasteiger charge is 2.12. The van der Waals surface area contributed by atoms with Crippen LogP contribution in [-0.2, 0) is 0 Å². The summed E-state index contributed by atoms with van der Waals surface area (Å²) in [6, 6.07) is 12.1. The molecule has 0 saturated heterocycles. The SMILES string of the molecule is CC(=O)c1cccc(NC(=O)c2cc(-c3cccnc3)n[nH]2)c1. The van der Waals surface area contributed by atoms with Gasteiger partial charge in [0, 0.05) is 29.2 Å². The number of aromatic amines is 1. The van der Waals surface area contributed by atoms with Gasteiger partial charge in [-0.1, -0.05) is 12.1 Å². The third-order valence-electron chi connectivity index (χ3n) is 3.31. The lowest BCUT2D eigenvalue weighted by Gasteiger charge is -2.04. The van der Waals surface area contributed by atoms with E-state index in [0.29, 0.717) is 22.6 Å². The van der Waals surface area contributed by atoms with Crippen LogP contribution in [0.2, 0.25) is 0 Å². The first-order valence-electron chi connectivity index (χ1n) is 7.01. The monoisotopic (exact) mass is 306 g/mol. The van der Waals surface area contributed by atoms with Gasteiger partial charge in [0.2, 0.25) is 0 Å². The molecule has 2 heterocycles. The van der Waals surface area contributed by atoms with Gasteiger partial charge in [-0.05, 0) is 37.3 Å². The zero-order chi connectivity index (χ0) is 16.2. The Morgan fingerprint density at radius 2 is 2.00 bits per heavy atom. The van der Waals surface area contributed by atoms with Crippen LogP contribution in [0, 0.1) is 0 Å². The first kappa shape index (κ1) is 14.6. The van der Waals surface area contributed by atoms with Gasteiger partial charge in [0.1, 0.15) is 5.69 Å². The number of aromatic nitrogens is 3. The van der Waals surface area contributed by atoms with Crippen molar-refractivity contribution in [2.24, 2.45) is 0 Å². The number of nitrogens with zero attached hydrogens (tertiary/aromatic N) is 2. The summed E-state index contributed by atoms with van der Waals surface area (Å²) < 4.78 is 0. The number of hydrogen-bond acceptors (Lipinski definition) is 4. The van der Waals surface area contributed by atoms with Crippen molar-refractivity contribution in [3.63, 3.8) is 0 Å². The summed E-state index contributed by atoms with van der Waals surface area (Å²) in [5.41, 5.74) is 2.89. The molecular weight excluding hydrogens is 292 g/mol. The molecule has 0 spiro atoms. The van der Waals surface area contributed by atoms with Gasteiger partial charge in [-0.2, -0.15) is 5.10 Å². The Labute approximate surface area is 132 Å². The van der Waals surface area contributed by atoms with E-state index >= 15 is 0 Å². The number of pyridine rings is 1. The molecule has 0 bridgehead atoms. The minimum atomic E-state index is -0.326. The number of hydrogen-bond donors (Lipinski definition) is 2. The van der Waals surface area contributed by atoms with Gasteiger partial charge < -0.3 is 5.32 Å². The van der Waals surface area contributed by atoms with Crippen molar-refractivity contribution in [3.8, 4) is 11.3 Å². The average Bonchev–Trinajstić information content (AvgIpc) is 3.06. The lowest BCUT2D eigenvalue weighted by atomic mass is 10.1. The number of ketones is 1. The summed E-state index contributed by atoms with van der Waals surface area (Å²) in [5, 5.41) is 9.56. The van der Waals surface area contributed by atoms with Crippen molar-refractivity contribution in [2.45, 2.75) is 6.92 Å². The standard InChI is InChI=1S/C17H14N4O2/c1-11(22)12-4-2-6-14(8-12)19-17(23)16-9-15(20-21-16)13-5-3-7-18-10-13/h2-10H,1H3,(H,19,23)(H,20,21). The number of rotatable bonds is 4. The summed E-state index contributed by atoms with van der Waals surface area (Å²) in [6.07, 6.45) is 3.35. The minimum absolute atomic E-state index is 0.0542. The molecule has 2 aromatic heterocycles.